The maximum Gasteiger partial charge on any atom is 0.332 e. The Bertz CT molecular complexity index is 1110. The second-order valence-corrected chi connectivity index (χ2v) is 6.56. The fourth-order valence-corrected chi connectivity index (χ4v) is 3.68. The van der Waals surface area contributed by atoms with E-state index in [4.69, 9.17) is 4.74 Å². The molecule has 8 nitrogen and oxygen atoms in total. The largest absolute Gasteiger partial charge is 0.494 e. The molecule has 1 aliphatic heterocycles. The molecule has 3 aromatic rings. The van der Waals surface area contributed by atoms with Crippen molar-refractivity contribution in [2.75, 3.05) is 18.1 Å². The second-order valence-electron chi connectivity index (χ2n) is 6.56. The summed E-state index contributed by atoms with van der Waals surface area (Å²) in [5, 5.41) is 0. The number of anilines is 2. The molecule has 4 rings (SSSR count). The van der Waals surface area contributed by atoms with Crippen molar-refractivity contribution in [2.45, 2.75) is 33.4 Å². The first kappa shape index (κ1) is 17.4. The van der Waals surface area contributed by atoms with Gasteiger partial charge in [0.2, 0.25) is 5.95 Å². The lowest BCUT2D eigenvalue weighted by atomic mass is 10.2. The number of benzene rings is 1. The lowest BCUT2D eigenvalue weighted by molar-refractivity contribution is 0.340. The van der Waals surface area contributed by atoms with E-state index < -0.39 is 0 Å². The van der Waals surface area contributed by atoms with E-state index in [0.29, 0.717) is 36.8 Å². The number of rotatable bonds is 4. The molecule has 1 aromatic carbocycles. The summed E-state index contributed by atoms with van der Waals surface area (Å²) in [5.41, 5.74) is 1.30. The molecule has 0 bridgehead atoms. The van der Waals surface area contributed by atoms with Gasteiger partial charge >= 0.3 is 5.69 Å². The third kappa shape index (κ3) is 2.63. The maximum absolute atomic E-state index is 12.9. The molecule has 0 saturated heterocycles. The number of hydrogen-bond donors (Lipinski definition) is 0. The molecule has 8 heteroatoms. The summed E-state index contributed by atoms with van der Waals surface area (Å²) < 4.78 is 10.2. The number of aryl methyl sites for hydroxylation is 2. The molecule has 0 fully saturated rings. The van der Waals surface area contributed by atoms with Gasteiger partial charge in [0.15, 0.2) is 11.2 Å². The molecule has 2 aromatic heterocycles. The van der Waals surface area contributed by atoms with Crippen LogP contribution in [0.1, 0.15) is 20.3 Å². The highest BCUT2D eigenvalue weighted by molar-refractivity contribution is 5.77. The van der Waals surface area contributed by atoms with Crippen molar-refractivity contribution >= 4 is 22.8 Å². The summed E-state index contributed by atoms with van der Waals surface area (Å²) in [6, 6.07) is 7.84. The van der Waals surface area contributed by atoms with Crippen molar-refractivity contribution < 1.29 is 4.74 Å². The Morgan fingerprint density at radius 2 is 1.85 bits per heavy atom. The summed E-state index contributed by atoms with van der Waals surface area (Å²) in [6.45, 7) is 6.22. The van der Waals surface area contributed by atoms with Crippen LogP contribution in [0.15, 0.2) is 33.9 Å². The molecule has 0 spiro atoms. The Morgan fingerprint density at radius 3 is 2.52 bits per heavy atom. The molecule has 0 radical (unpaired) electrons. The van der Waals surface area contributed by atoms with E-state index in [2.05, 4.69) is 9.88 Å². The zero-order chi connectivity index (χ0) is 19.1. The molecule has 0 saturated carbocycles. The average molecular weight is 369 g/mol. The Labute approximate surface area is 156 Å². The van der Waals surface area contributed by atoms with Crippen molar-refractivity contribution in [1.29, 1.82) is 0 Å². The maximum atomic E-state index is 12.9. The minimum atomic E-state index is -0.335. The number of imidazole rings is 1. The monoisotopic (exact) mass is 369 g/mol. The number of hydrogen-bond acceptors (Lipinski definition) is 5. The van der Waals surface area contributed by atoms with E-state index in [1.165, 1.54) is 9.13 Å². The second kappa shape index (κ2) is 6.61. The normalized spacial score (nSPS) is 13.8. The van der Waals surface area contributed by atoms with Crippen LogP contribution < -0.4 is 20.9 Å². The van der Waals surface area contributed by atoms with E-state index in [1.54, 1.807) is 14.0 Å². The first-order chi connectivity index (χ1) is 13.1. The topological polar surface area (TPSA) is 74.3 Å². The minimum absolute atomic E-state index is 0.275. The van der Waals surface area contributed by atoms with Crippen molar-refractivity contribution in [3.63, 3.8) is 0 Å². The van der Waals surface area contributed by atoms with Gasteiger partial charge in [-0.1, -0.05) is 0 Å². The number of fused-ring (bicyclic) bond motifs is 3. The Kier molecular flexibility index (Phi) is 4.25. The molecule has 142 valence electrons. The van der Waals surface area contributed by atoms with Gasteiger partial charge in [0, 0.05) is 32.4 Å². The van der Waals surface area contributed by atoms with Gasteiger partial charge in [0.1, 0.15) is 5.75 Å². The highest BCUT2D eigenvalue weighted by atomic mass is 16.5. The van der Waals surface area contributed by atoms with Gasteiger partial charge in [-0.05, 0) is 44.5 Å². The first-order valence-electron chi connectivity index (χ1n) is 9.27. The van der Waals surface area contributed by atoms with Gasteiger partial charge < -0.3 is 14.2 Å². The van der Waals surface area contributed by atoms with Gasteiger partial charge in [-0.25, -0.2) is 4.79 Å². The standard InChI is InChI=1S/C19H23N5O3/c1-4-22-17(25)15-16(21(3)19(22)26)20-18-23(11-6-12-24(15)18)13-7-9-14(10-8-13)27-5-2/h7-10H,4-6,11-12H2,1-3H3. The zero-order valence-corrected chi connectivity index (χ0v) is 15.8. The van der Waals surface area contributed by atoms with Crippen LogP contribution in [0.5, 0.6) is 5.75 Å². The predicted octanol–water partition coefficient (Wildman–Crippen LogP) is 1.86. The zero-order valence-electron chi connectivity index (χ0n) is 15.8. The molecule has 1 aliphatic rings. The third-order valence-electron chi connectivity index (χ3n) is 4.99. The summed E-state index contributed by atoms with van der Waals surface area (Å²) in [4.78, 5) is 32.1. The van der Waals surface area contributed by atoms with E-state index >= 15 is 0 Å². The van der Waals surface area contributed by atoms with Crippen LogP contribution in [0.2, 0.25) is 0 Å². The first-order valence-corrected chi connectivity index (χ1v) is 9.27. The molecule has 0 aliphatic carbocycles. The fraction of sp³-hybridized carbons (Fsp3) is 0.421. The van der Waals surface area contributed by atoms with E-state index in [0.717, 1.165) is 24.4 Å². The predicted molar refractivity (Wildman–Crippen MR) is 104 cm³/mol. The SMILES string of the molecule is CCOc1ccc(N2CCCn3c2nc2c3c(=O)n(CC)c(=O)n2C)cc1. The van der Waals surface area contributed by atoms with E-state index in [1.807, 2.05) is 35.8 Å². The fourth-order valence-electron chi connectivity index (χ4n) is 3.68. The van der Waals surface area contributed by atoms with E-state index in [-0.39, 0.29) is 11.2 Å². The van der Waals surface area contributed by atoms with Crippen molar-refractivity contribution in [1.82, 2.24) is 18.7 Å². The van der Waals surface area contributed by atoms with Crippen molar-refractivity contribution in [3.05, 3.63) is 45.1 Å². The summed E-state index contributed by atoms with van der Waals surface area (Å²) in [5.74, 6) is 1.52. The highest BCUT2D eigenvalue weighted by Crippen LogP contribution is 2.31. The van der Waals surface area contributed by atoms with Crippen LogP contribution in [-0.4, -0.2) is 31.8 Å². The van der Waals surface area contributed by atoms with Crippen LogP contribution in [-0.2, 0) is 20.1 Å². The summed E-state index contributed by atoms with van der Waals surface area (Å²) in [7, 11) is 1.66. The average Bonchev–Trinajstić information content (AvgIpc) is 3.08. The number of nitrogens with zero attached hydrogens (tertiary/aromatic N) is 5. The Balaban J connectivity index is 1.89. The summed E-state index contributed by atoms with van der Waals surface area (Å²) >= 11 is 0. The lowest BCUT2D eigenvalue weighted by Gasteiger charge is -2.29. The van der Waals surface area contributed by atoms with Gasteiger partial charge in [-0.3, -0.25) is 13.9 Å². The van der Waals surface area contributed by atoms with Crippen LogP contribution in [0, 0.1) is 0 Å². The molecule has 0 amide bonds. The minimum Gasteiger partial charge on any atom is -0.494 e. The molecule has 3 heterocycles. The lowest BCUT2D eigenvalue weighted by Crippen LogP contribution is -2.39. The van der Waals surface area contributed by atoms with Crippen molar-refractivity contribution in [3.8, 4) is 5.75 Å². The Hall–Kier alpha value is -3.03. The van der Waals surface area contributed by atoms with Gasteiger partial charge in [0.25, 0.3) is 5.56 Å². The van der Waals surface area contributed by atoms with Gasteiger partial charge in [0.05, 0.1) is 6.61 Å². The van der Waals surface area contributed by atoms with E-state index in [9.17, 15) is 9.59 Å². The molecule has 0 N–H and O–H groups in total. The van der Waals surface area contributed by atoms with Crippen LogP contribution in [0.25, 0.3) is 11.2 Å². The highest BCUT2D eigenvalue weighted by Gasteiger charge is 2.26. The Morgan fingerprint density at radius 1 is 1.11 bits per heavy atom. The van der Waals surface area contributed by atoms with Crippen LogP contribution in [0.3, 0.4) is 0 Å². The number of aromatic nitrogens is 4. The molecular weight excluding hydrogens is 346 g/mol. The van der Waals surface area contributed by atoms with Crippen LogP contribution in [0.4, 0.5) is 11.6 Å². The van der Waals surface area contributed by atoms with Gasteiger partial charge in [-0.15, -0.1) is 0 Å². The molecule has 0 unspecified atom stereocenters. The smallest absolute Gasteiger partial charge is 0.332 e. The quantitative estimate of drug-likeness (QED) is 0.702. The van der Waals surface area contributed by atoms with Gasteiger partial charge in [-0.2, -0.15) is 4.98 Å². The molecule has 27 heavy (non-hydrogen) atoms. The van der Waals surface area contributed by atoms with Crippen LogP contribution >= 0.6 is 0 Å². The third-order valence-corrected chi connectivity index (χ3v) is 4.99. The molecular formula is C19H23N5O3. The summed E-state index contributed by atoms with van der Waals surface area (Å²) in [6.07, 6.45) is 0.889. The number of ether oxygens (including phenoxy) is 1. The molecule has 0 atom stereocenters. The van der Waals surface area contributed by atoms with Crippen molar-refractivity contribution in [2.24, 2.45) is 7.05 Å².